The molecule has 30 heavy (non-hydrogen) atoms. The predicted octanol–water partition coefficient (Wildman–Crippen LogP) is 4.30. The van der Waals surface area contributed by atoms with E-state index in [1.165, 1.54) is 0 Å². The number of rotatable bonds is 7. The fourth-order valence-corrected chi connectivity index (χ4v) is 3.48. The van der Waals surface area contributed by atoms with Crippen LogP contribution in [0.2, 0.25) is 0 Å². The zero-order valence-electron chi connectivity index (χ0n) is 18.1. The largest absolute Gasteiger partial charge is 0.497 e. The van der Waals surface area contributed by atoms with Crippen molar-refractivity contribution in [2.45, 2.75) is 38.5 Å². The lowest BCUT2D eigenvalue weighted by atomic mass is 9.90. The monoisotopic (exact) mass is 525 g/mol. The molecule has 6 nitrogen and oxygen atoms in total. The van der Waals surface area contributed by atoms with Crippen LogP contribution in [-0.4, -0.2) is 38.9 Å². The highest BCUT2D eigenvalue weighted by atomic mass is 127. The Kier molecular flexibility index (Phi) is 9.23. The Morgan fingerprint density at radius 2 is 2.00 bits per heavy atom. The Morgan fingerprint density at radius 1 is 1.20 bits per heavy atom. The maximum Gasteiger partial charge on any atom is 0.191 e. The van der Waals surface area contributed by atoms with Crippen LogP contribution in [-0.2, 0) is 11.3 Å². The van der Waals surface area contributed by atoms with Gasteiger partial charge in [0.2, 0.25) is 0 Å². The first kappa shape index (κ1) is 24.3. The Morgan fingerprint density at radius 3 is 2.77 bits per heavy atom. The van der Waals surface area contributed by atoms with E-state index >= 15 is 0 Å². The molecule has 0 saturated heterocycles. The van der Waals surface area contributed by atoms with Crippen LogP contribution >= 0.6 is 24.0 Å². The second-order valence-corrected chi connectivity index (χ2v) is 7.70. The van der Waals surface area contributed by atoms with Gasteiger partial charge in [0.1, 0.15) is 17.1 Å². The van der Waals surface area contributed by atoms with Crippen LogP contribution in [0.1, 0.15) is 37.4 Å². The Balaban J connectivity index is 0.00000320. The van der Waals surface area contributed by atoms with Crippen molar-refractivity contribution in [1.29, 1.82) is 0 Å². The molecule has 2 N–H and O–H groups in total. The lowest BCUT2D eigenvalue weighted by Crippen LogP contribution is -2.45. The molecular weight excluding hydrogens is 493 g/mol. The van der Waals surface area contributed by atoms with Gasteiger partial charge < -0.3 is 24.8 Å². The molecule has 0 radical (unpaired) electrons. The number of nitrogens with one attached hydrogen (secondary N) is 2. The third kappa shape index (κ3) is 6.77. The minimum atomic E-state index is -0.231. The molecule has 0 spiro atoms. The van der Waals surface area contributed by atoms with Gasteiger partial charge in [0.15, 0.2) is 5.96 Å². The fourth-order valence-electron chi connectivity index (χ4n) is 3.48. The molecule has 0 amide bonds. The summed E-state index contributed by atoms with van der Waals surface area (Å²) in [5, 5.41) is 6.86. The summed E-state index contributed by atoms with van der Waals surface area (Å²) in [7, 11) is 3.45. The summed E-state index contributed by atoms with van der Waals surface area (Å²) in [6, 6.07) is 16.2. The minimum absolute atomic E-state index is 0. The van der Waals surface area contributed by atoms with Crippen molar-refractivity contribution < 1.29 is 14.2 Å². The molecule has 2 aromatic rings. The van der Waals surface area contributed by atoms with Gasteiger partial charge in [-0.15, -0.1) is 24.0 Å². The van der Waals surface area contributed by atoms with E-state index in [0.717, 1.165) is 35.0 Å². The number of nitrogens with zero attached hydrogens (tertiary/aromatic N) is 1. The average Bonchev–Trinajstić information content (AvgIpc) is 2.72. The van der Waals surface area contributed by atoms with Crippen LogP contribution in [0, 0.1) is 0 Å². The van der Waals surface area contributed by atoms with Gasteiger partial charge in [0, 0.05) is 25.6 Å². The van der Waals surface area contributed by atoms with Crippen molar-refractivity contribution in [1.82, 2.24) is 10.6 Å². The topological polar surface area (TPSA) is 64.1 Å². The van der Waals surface area contributed by atoms with Gasteiger partial charge in [-0.2, -0.15) is 0 Å². The number of para-hydroxylation sites is 1. The van der Waals surface area contributed by atoms with Crippen molar-refractivity contribution in [3.05, 3.63) is 59.7 Å². The van der Waals surface area contributed by atoms with Gasteiger partial charge in [0.25, 0.3) is 0 Å². The lowest BCUT2D eigenvalue weighted by Gasteiger charge is -2.38. The van der Waals surface area contributed by atoms with Crippen molar-refractivity contribution in [2.24, 2.45) is 4.99 Å². The molecule has 0 bridgehead atoms. The molecular formula is C23H32IN3O3. The van der Waals surface area contributed by atoms with Crippen molar-refractivity contribution >= 4 is 29.9 Å². The minimum Gasteiger partial charge on any atom is -0.497 e. The number of methoxy groups -OCH3 is 1. The SMILES string of the molecule is CN=C(NCCOCc1cccc(OC)c1)NC1CC(C)(C)Oc2ccccc21.I. The van der Waals surface area contributed by atoms with Gasteiger partial charge >= 0.3 is 0 Å². The number of benzene rings is 2. The second kappa shape index (κ2) is 11.4. The van der Waals surface area contributed by atoms with E-state index in [-0.39, 0.29) is 35.6 Å². The van der Waals surface area contributed by atoms with E-state index in [9.17, 15) is 0 Å². The van der Waals surface area contributed by atoms with Crippen LogP contribution < -0.4 is 20.1 Å². The highest BCUT2D eigenvalue weighted by Gasteiger charge is 2.33. The quantitative estimate of drug-likeness (QED) is 0.244. The average molecular weight is 525 g/mol. The molecule has 2 aromatic carbocycles. The Hall–Kier alpha value is -2.00. The summed E-state index contributed by atoms with van der Waals surface area (Å²) < 4.78 is 17.1. The van der Waals surface area contributed by atoms with E-state index in [4.69, 9.17) is 14.2 Å². The third-order valence-corrected chi connectivity index (χ3v) is 4.85. The summed E-state index contributed by atoms with van der Waals surface area (Å²) in [6.07, 6.45) is 0.858. The zero-order valence-corrected chi connectivity index (χ0v) is 20.4. The first-order chi connectivity index (χ1) is 14.0. The molecule has 1 unspecified atom stereocenters. The molecule has 1 heterocycles. The summed E-state index contributed by atoms with van der Waals surface area (Å²) in [4.78, 5) is 4.36. The summed E-state index contributed by atoms with van der Waals surface area (Å²) >= 11 is 0. The Bertz CT molecular complexity index is 842. The van der Waals surface area contributed by atoms with E-state index in [1.54, 1.807) is 14.2 Å². The lowest BCUT2D eigenvalue weighted by molar-refractivity contribution is 0.0693. The number of ether oxygens (including phenoxy) is 3. The Labute approximate surface area is 196 Å². The molecule has 0 fully saturated rings. The summed E-state index contributed by atoms with van der Waals surface area (Å²) in [5.74, 6) is 2.53. The molecule has 1 aliphatic heterocycles. The van der Waals surface area contributed by atoms with Gasteiger partial charge in [-0.05, 0) is 37.6 Å². The van der Waals surface area contributed by atoms with Gasteiger partial charge in [-0.1, -0.05) is 30.3 Å². The number of halogens is 1. The maximum atomic E-state index is 6.11. The van der Waals surface area contributed by atoms with E-state index in [0.29, 0.717) is 19.8 Å². The number of hydrogen-bond donors (Lipinski definition) is 2. The first-order valence-electron chi connectivity index (χ1n) is 9.96. The highest BCUT2D eigenvalue weighted by Crippen LogP contribution is 2.39. The first-order valence-corrected chi connectivity index (χ1v) is 9.96. The smallest absolute Gasteiger partial charge is 0.191 e. The van der Waals surface area contributed by atoms with Crippen LogP contribution in [0.3, 0.4) is 0 Å². The number of hydrogen-bond acceptors (Lipinski definition) is 4. The van der Waals surface area contributed by atoms with Crippen LogP contribution in [0.4, 0.5) is 0 Å². The number of fused-ring (bicyclic) bond motifs is 1. The number of guanidine groups is 1. The maximum absolute atomic E-state index is 6.11. The van der Waals surface area contributed by atoms with Crippen LogP contribution in [0.25, 0.3) is 0 Å². The third-order valence-electron chi connectivity index (χ3n) is 4.85. The van der Waals surface area contributed by atoms with Crippen LogP contribution in [0.5, 0.6) is 11.5 Å². The normalized spacial score (nSPS) is 17.2. The molecule has 1 aliphatic rings. The van der Waals surface area contributed by atoms with Crippen molar-refractivity contribution in [3.8, 4) is 11.5 Å². The zero-order chi connectivity index (χ0) is 20.7. The van der Waals surface area contributed by atoms with Crippen molar-refractivity contribution in [3.63, 3.8) is 0 Å². The summed E-state index contributed by atoms with van der Waals surface area (Å²) in [5.41, 5.74) is 2.02. The molecule has 3 rings (SSSR count). The standard InChI is InChI=1S/C23H31N3O3.HI/c1-23(2)15-20(19-10-5-6-11-21(19)29-23)26-22(24-3)25-12-13-28-16-17-8-7-9-18(14-17)27-4;/h5-11,14,20H,12-13,15-16H2,1-4H3,(H2,24,25,26);1H. The molecule has 1 atom stereocenters. The molecule has 0 saturated carbocycles. The number of aliphatic imine (C=N–C) groups is 1. The second-order valence-electron chi connectivity index (χ2n) is 7.70. The van der Waals surface area contributed by atoms with Crippen molar-refractivity contribution in [2.75, 3.05) is 27.3 Å². The molecule has 0 aromatic heterocycles. The van der Waals surface area contributed by atoms with Gasteiger partial charge in [-0.3, -0.25) is 4.99 Å². The summed E-state index contributed by atoms with van der Waals surface area (Å²) in [6.45, 7) is 6.01. The van der Waals surface area contributed by atoms with Gasteiger partial charge in [0.05, 0.1) is 26.4 Å². The predicted molar refractivity (Wildman–Crippen MR) is 131 cm³/mol. The highest BCUT2D eigenvalue weighted by molar-refractivity contribution is 14.0. The van der Waals surface area contributed by atoms with E-state index in [1.807, 2.05) is 42.5 Å². The van der Waals surface area contributed by atoms with E-state index in [2.05, 4.69) is 35.5 Å². The fraction of sp³-hybridized carbons (Fsp3) is 0.435. The van der Waals surface area contributed by atoms with E-state index < -0.39 is 0 Å². The van der Waals surface area contributed by atoms with Crippen LogP contribution in [0.15, 0.2) is 53.5 Å². The molecule has 164 valence electrons. The molecule has 0 aliphatic carbocycles. The molecule has 7 heteroatoms. The van der Waals surface area contributed by atoms with Gasteiger partial charge in [-0.25, -0.2) is 0 Å².